The van der Waals surface area contributed by atoms with Gasteiger partial charge in [0.1, 0.15) is 12.2 Å². The maximum Gasteiger partial charge on any atom is 0.407 e. The molecule has 132 valence electrons. The lowest BCUT2D eigenvalue weighted by molar-refractivity contribution is -0.146. The lowest BCUT2D eigenvalue weighted by Crippen LogP contribution is -2.41. The standard InChI is InChI=1S/C19H27NO4/c1-19(2,3)24-18(22)20-16-11-7-10-15(16)12-17(21)23-13-14-8-5-4-6-9-14/h4-6,8-9,15-16H,7,10-13H2,1-3H3,(H,20,22). The fourth-order valence-corrected chi connectivity index (χ4v) is 2.94. The Bertz CT molecular complexity index is 550. The molecule has 0 saturated heterocycles. The Morgan fingerprint density at radius 2 is 1.88 bits per heavy atom. The number of carbonyl (C=O) groups excluding carboxylic acids is 2. The van der Waals surface area contributed by atoms with Crippen molar-refractivity contribution in [3.63, 3.8) is 0 Å². The van der Waals surface area contributed by atoms with Crippen LogP contribution in [0.25, 0.3) is 0 Å². The van der Waals surface area contributed by atoms with Crippen LogP contribution in [0, 0.1) is 5.92 Å². The van der Waals surface area contributed by atoms with Crippen molar-refractivity contribution < 1.29 is 19.1 Å². The van der Waals surface area contributed by atoms with E-state index in [0.29, 0.717) is 6.42 Å². The maximum atomic E-state index is 12.1. The van der Waals surface area contributed by atoms with Gasteiger partial charge in [-0.05, 0) is 45.1 Å². The molecule has 1 N–H and O–H groups in total. The van der Waals surface area contributed by atoms with Crippen LogP contribution in [-0.2, 0) is 20.9 Å². The van der Waals surface area contributed by atoms with Crippen molar-refractivity contribution in [1.29, 1.82) is 0 Å². The summed E-state index contributed by atoms with van der Waals surface area (Å²) < 4.78 is 10.6. The summed E-state index contributed by atoms with van der Waals surface area (Å²) >= 11 is 0. The molecule has 0 aliphatic heterocycles. The maximum absolute atomic E-state index is 12.1. The molecule has 1 amide bonds. The minimum atomic E-state index is -0.521. The summed E-state index contributed by atoms with van der Waals surface area (Å²) in [5.41, 5.74) is 0.452. The highest BCUT2D eigenvalue weighted by molar-refractivity contribution is 5.71. The van der Waals surface area contributed by atoms with Crippen LogP contribution < -0.4 is 5.32 Å². The Kier molecular flexibility index (Phi) is 6.23. The minimum Gasteiger partial charge on any atom is -0.461 e. The number of nitrogens with one attached hydrogen (secondary N) is 1. The van der Waals surface area contributed by atoms with Gasteiger partial charge in [0, 0.05) is 6.04 Å². The number of hydrogen-bond acceptors (Lipinski definition) is 4. The minimum absolute atomic E-state index is 0.0240. The molecule has 1 aliphatic rings. The first kappa shape index (κ1) is 18.3. The number of esters is 1. The normalized spacial score (nSPS) is 20.5. The van der Waals surface area contributed by atoms with Gasteiger partial charge in [0.15, 0.2) is 0 Å². The van der Waals surface area contributed by atoms with Crippen molar-refractivity contribution in [1.82, 2.24) is 5.32 Å². The molecule has 24 heavy (non-hydrogen) atoms. The third-order valence-electron chi connectivity index (χ3n) is 4.03. The second-order valence-corrected chi connectivity index (χ2v) is 7.29. The van der Waals surface area contributed by atoms with E-state index in [0.717, 1.165) is 24.8 Å². The predicted molar refractivity (Wildman–Crippen MR) is 91.4 cm³/mol. The average molecular weight is 333 g/mol. The van der Waals surface area contributed by atoms with Crippen LogP contribution in [0.15, 0.2) is 30.3 Å². The van der Waals surface area contributed by atoms with Crippen LogP contribution in [0.4, 0.5) is 4.79 Å². The summed E-state index contributed by atoms with van der Waals surface area (Å²) in [6, 6.07) is 9.59. The van der Waals surface area contributed by atoms with Gasteiger partial charge in [0.05, 0.1) is 6.42 Å². The zero-order valence-corrected chi connectivity index (χ0v) is 14.7. The summed E-state index contributed by atoms with van der Waals surface area (Å²) in [7, 11) is 0. The van der Waals surface area contributed by atoms with Crippen molar-refractivity contribution in [2.75, 3.05) is 0 Å². The van der Waals surface area contributed by atoms with Crippen LogP contribution in [0.3, 0.4) is 0 Å². The molecule has 2 atom stereocenters. The summed E-state index contributed by atoms with van der Waals surface area (Å²) in [5.74, 6) is -0.109. The summed E-state index contributed by atoms with van der Waals surface area (Å²) in [6.45, 7) is 5.79. The molecular weight excluding hydrogens is 306 g/mol. The summed E-state index contributed by atoms with van der Waals surface area (Å²) in [4.78, 5) is 24.0. The predicted octanol–water partition coefficient (Wildman–Crippen LogP) is 3.81. The van der Waals surface area contributed by atoms with Crippen LogP contribution in [-0.4, -0.2) is 23.7 Å². The fourth-order valence-electron chi connectivity index (χ4n) is 2.94. The summed E-state index contributed by atoms with van der Waals surface area (Å²) in [5, 5.41) is 2.90. The number of carbonyl (C=O) groups is 2. The van der Waals surface area contributed by atoms with Gasteiger partial charge in [-0.1, -0.05) is 36.8 Å². The number of benzene rings is 1. The van der Waals surface area contributed by atoms with Gasteiger partial charge in [-0.3, -0.25) is 4.79 Å². The Morgan fingerprint density at radius 1 is 1.17 bits per heavy atom. The Labute approximate surface area is 143 Å². The van der Waals surface area contributed by atoms with E-state index in [9.17, 15) is 9.59 Å². The van der Waals surface area contributed by atoms with Gasteiger partial charge >= 0.3 is 12.1 Å². The molecule has 0 heterocycles. The third-order valence-corrected chi connectivity index (χ3v) is 4.03. The Hall–Kier alpha value is -2.04. The number of rotatable bonds is 5. The van der Waals surface area contributed by atoms with Crippen molar-refractivity contribution in [2.24, 2.45) is 5.92 Å². The van der Waals surface area contributed by atoms with E-state index in [1.165, 1.54) is 0 Å². The van der Waals surface area contributed by atoms with Gasteiger partial charge in [0.25, 0.3) is 0 Å². The molecule has 0 radical (unpaired) electrons. The van der Waals surface area contributed by atoms with Gasteiger partial charge in [-0.25, -0.2) is 4.79 Å². The zero-order chi connectivity index (χ0) is 17.6. The number of amides is 1. The van der Waals surface area contributed by atoms with E-state index in [1.54, 1.807) is 0 Å². The molecule has 1 aromatic rings. The number of hydrogen-bond donors (Lipinski definition) is 1. The first-order valence-corrected chi connectivity index (χ1v) is 8.52. The molecule has 5 heteroatoms. The number of ether oxygens (including phenoxy) is 2. The highest BCUT2D eigenvalue weighted by atomic mass is 16.6. The Balaban J connectivity index is 1.78. The van der Waals surface area contributed by atoms with E-state index in [-0.39, 0.29) is 24.5 Å². The smallest absolute Gasteiger partial charge is 0.407 e. The molecule has 0 spiro atoms. The van der Waals surface area contributed by atoms with Gasteiger partial charge in [-0.2, -0.15) is 0 Å². The molecule has 0 aromatic heterocycles. The first-order valence-electron chi connectivity index (χ1n) is 8.52. The van der Waals surface area contributed by atoms with Crippen LogP contribution in [0.5, 0.6) is 0 Å². The van der Waals surface area contributed by atoms with Crippen LogP contribution in [0.2, 0.25) is 0 Å². The SMILES string of the molecule is CC(C)(C)OC(=O)NC1CCCC1CC(=O)OCc1ccccc1. The summed E-state index contributed by atoms with van der Waals surface area (Å²) in [6.07, 6.45) is 2.69. The topological polar surface area (TPSA) is 64.6 Å². The average Bonchev–Trinajstić information content (AvgIpc) is 2.91. The van der Waals surface area contributed by atoms with Crippen molar-refractivity contribution in [2.45, 2.75) is 64.7 Å². The molecular formula is C19H27NO4. The second-order valence-electron chi connectivity index (χ2n) is 7.29. The van der Waals surface area contributed by atoms with Gasteiger partial charge < -0.3 is 14.8 Å². The monoisotopic (exact) mass is 333 g/mol. The quantitative estimate of drug-likeness (QED) is 0.832. The molecule has 1 aromatic carbocycles. The van der Waals surface area contributed by atoms with Gasteiger partial charge in [0.2, 0.25) is 0 Å². The van der Waals surface area contributed by atoms with Crippen molar-refractivity contribution in [3.05, 3.63) is 35.9 Å². The van der Waals surface area contributed by atoms with Crippen molar-refractivity contribution in [3.8, 4) is 0 Å². The molecule has 2 rings (SSSR count). The first-order chi connectivity index (χ1) is 11.3. The van der Waals surface area contributed by atoms with E-state index < -0.39 is 11.7 Å². The number of alkyl carbamates (subject to hydrolysis) is 1. The highest BCUT2D eigenvalue weighted by Gasteiger charge is 2.32. The molecule has 0 bridgehead atoms. The van der Waals surface area contributed by atoms with Gasteiger partial charge in [-0.15, -0.1) is 0 Å². The second kappa shape index (κ2) is 8.18. The zero-order valence-electron chi connectivity index (χ0n) is 14.7. The molecule has 1 saturated carbocycles. The van der Waals surface area contributed by atoms with E-state index in [4.69, 9.17) is 9.47 Å². The lowest BCUT2D eigenvalue weighted by Gasteiger charge is -2.24. The molecule has 1 fully saturated rings. The Morgan fingerprint density at radius 3 is 2.54 bits per heavy atom. The van der Waals surface area contributed by atoms with E-state index in [2.05, 4.69) is 5.32 Å². The highest BCUT2D eigenvalue weighted by Crippen LogP contribution is 2.29. The largest absolute Gasteiger partial charge is 0.461 e. The van der Waals surface area contributed by atoms with Crippen LogP contribution >= 0.6 is 0 Å². The van der Waals surface area contributed by atoms with E-state index >= 15 is 0 Å². The molecule has 2 unspecified atom stereocenters. The lowest BCUT2D eigenvalue weighted by atomic mass is 10.00. The fraction of sp³-hybridized carbons (Fsp3) is 0.579. The van der Waals surface area contributed by atoms with E-state index in [1.807, 2.05) is 51.1 Å². The van der Waals surface area contributed by atoms with Crippen LogP contribution in [0.1, 0.15) is 52.0 Å². The molecule has 5 nitrogen and oxygen atoms in total. The van der Waals surface area contributed by atoms with Crippen molar-refractivity contribution >= 4 is 12.1 Å². The molecule has 1 aliphatic carbocycles. The third kappa shape index (κ3) is 6.22.